The van der Waals surface area contributed by atoms with Gasteiger partial charge in [-0.15, -0.1) is 0 Å². The summed E-state index contributed by atoms with van der Waals surface area (Å²) >= 11 is 0. The normalized spacial score (nSPS) is 18.1. The second kappa shape index (κ2) is 17.6. The summed E-state index contributed by atoms with van der Waals surface area (Å²) in [6, 6.07) is 0. The molecule has 3 N–H and O–H groups in total. The van der Waals surface area contributed by atoms with E-state index in [4.69, 9.17) is 9.84 Å². The minimum absolute atomic E-state index is 0. The maximum Gasteiger partial charge on any atom is 1.00 e. The Labute approximate surface area is 199 Å². The third kappa shape index (κ3) is 12.0. The van der Waals surface area contributed by atoms with Crippen LogP contribution in [0.3, 0.4) is 0 Å². The zero-order valence-corrected chi connectivity index (χ0v) is 20.4. The van der Waals surface area contributed by atoms with E-state index in [1.807, 2.05) is 0 Å². The van der Waals surface area contributed by atoms with Crippen molar-refractivity contribution in [2.24, 2.45) is 4.99 Å². The van der Waals surface area contributed by atoms with Crippen LogP contribution < -0.4 is 59.1 Å². The van der Waals surface area contributed by atoms with Gasteiger partial charge in [0, 0.05) is 6.42 Å². The fourth-order valence-electron chi connectivity index (χ4n) is 3.00. The first kappa shape index (κ1) is 31.2. The average Bonchev–Trinajstić information content (AvgIpc) is 2.85. The third-order valence-electron chi connectivity index (χ3n) is 4.20. The fourth-order valence-corrected chi connectivity index (χ4v) is 3.00. The van der Waals surface area contributed by atoms with E-state index < -0.39 is 11.9 Å². The Balaban J connectivity index is -0.00000176. The molecule has 0 aromatic heterocycles. The summed E-state index contributed by atoms with van der Waals surface area (Å²) in [6.45, 7) is 3.80. The molecule has 0 aromatic rings. The van der Waals surface area contributed by atoms with Crippen molar-refractivity contribution in [1.29, 1.82) is 0 Å². The van der Waals surface area contributed by atoms with Crippen LogP contribution in [0.15, 0.2) is 4.99 Å². The van der Waals surface area contributed by atoms with Gasteiger partial charge in [-0.05, 0) is 6.42 Å². The number of rotatable bonds is 13. The Bertz CT molecular complexity index is 437. The number of carboxylic acids is 2. The average molecular weight is 392 g/mol. The van der Waals surface area contributed by atoms with E-state index in [1.54, 1.807) is 0 Å². The van der Waals surface area contributed by atoms with Gasteiger partial charge in [0.05, 0.1) is 13.2 Å². The number of ether oxygens (including phenoxy) is 1. The first-order valence-corrected chi connectivity index (χ1v) is 8.41. The Morgan fingerprint density at radius 2 is 1.77 bits per heavy atom. The minimum atomic E-state index is -1.01. The SMILES string of the molecule is CCCCCCCC1=NCC[N+]1(CCOCC(=O)O)CC(=O)O.[Na+].[Na+].[OH-]. The van der Waals surface area contributed by atoms with Crippen molar-refractivity contribution < 1.29 is 93.6 Å². The summed E-state index contributed by atoms with van der Waals surface area (Å²) in [5.41, 5.74) is 0. The Hall–Kier alpha value is 0.490. The summed E-state index contributed by atoms with van der Waals surface area (Å²) in [6.07, 6.45) is 6.59. The minimum Gasteiger partial charge on any atom is -0.870 e. The summed E-state index contributed by atoms with van der Waals surface area (Å²) in [4.78, 5) is 26.3. The molecule has 10 heteroatoms. The van der Waals surface area contributed by atoms with E-state index in [9.17, 15) is 14.7 Å². The number of amidine groups is 1. The molecule has 0 fully saturated rings. The number of quaternary nitrogens is 1. The van der Waals surface area contributed by atoms with Crippen LogP contribution >= 0.6 is 0 Å². The topological polar surface area (TPSA) is 126 Å². The first-order chi connectivity index (χ1) is 11.0. The van der Waals surface area contributed by atoms with E-state index in [2.05, 4.69) is 11.9 Å². The number of carboxylic acid groups (broad SMARTS) is 2. The zero-order valence-electron chi connectivity index (χ0n) is 16.4. The number of hydrogen-bond donors (Lipinski definition) is 2. The van der Waals surface area contributed by atoms with Gasteiger partial charge in [-0.2, -0.15) is 0 Å². The fraction of sp³-hybridized carbons (Fsp3) is 0.812. The maximum absolute atomic E-state index is 11.3. The Morgan fingerprint density at radius 1 is 1.12 bits per heavy atom. The van der Waals surface area contributed by atoms with Crippen molar-refractivity contribution in [3.63, 3.8) is 0 Å². The molecule has 1 heterocycles. The van der Waals surface area contributed by atoms with Crippen LogP contribution in [0.4, 0.5) is 0 Å². The van der Waals surface area contributed by atoms with Crippen molar-refractivity contribution in [3.05, 3.63) is 0 Å². The van der Waals surface area contributed by atoms with E-state index in [-0.39, 0.29) is 84.3 Å². The third-order valence-corrected chi connectivity index (χ3v) is 4.20. The van der Waals surface area contributed by atoms with Crippen molar-refractivity contribution in [2.45, 2.75) is 45.4 Å². The molecule has 0 radical (unpaired) electrons. The number of nitrogens with zero attached hydrogens (tertiary/aromatic N) is 2. The summed E-state index contributed by atoms with van der Waals surface area (Å²) in [5.74, 6) is -0.937. The molecule has 0 bridgehead atoms. The molecular formula is C16H30N2Na2O6+2. The smallest absolute Gasteiger partial charge is 0.870 e. The first-order valence-electron chi connectivity index (χ1n) is 8.41. The summed E-state index contributed by atoms with van der Waals surface area (Å²) < 4.78 is 5.41. The molecule has 8 nitrogen and oxygen atoms in total. The molecule has 140 valence electrons. The van der Waals surface area contributed by atoms with Gasteiger partial charge in [-0.25, -0.2) is 14.6 Å². The number of hydrogen-bond acceptors (Lipinski definition) is 5. The van der Waals surface area contributed by atoms with Gasteiger partial charge in [0.1, 0.15) is 19.7 Å². The molecule has 26 heavy (non-hydrogen) atoms. The number of aliphatic carboxylic acids is 2. The second-order valence-electron chi connectivity index (χ2n) is 6.05. The zero-order chi connectivity index (χ0) is 17.1. The molecule has 0 aliphatic carbocycles. The van der Waals surface area contributed by atoms with Crippen molar-refractivity contribution >= 4 is 17.8 Å². The molecule has 1 aliphatic heterocycles. The molecule has 1 unspecified atom stereocenters. The number of aliphatic imine (C=N–C) groups is 1. The van der Waals surface area contributed by atoms with Gasteiger partial charge < -0.3 is 20.4 Å². The molecule has 0 saturated heterocycles. The molecule has 0 saturated carbocycles. The van der Waals surface area contributed by atoms with E-state index in [1.165, 1.54) is 19.3 Å². The largest absolute Gasteiger partial charge is 1.00 e. The van der Waals surface area contributed by atoms with Gasteiger partial charge in [0.15, 0.2) is 12.4 Å². The monoisotopic (exact) mass is 392 g/mol. The van der Waals surface area contributed by atoms with Crippen molar-refractivity contribution in [2.75, 3.05) is 39.4 Å². The van der Waals surface area contributed by atoms with Gasteiger partial charge >= 0.3 is 71.1 Å². The van der Waals surface area contributed by atoms with Gasteiger partial charge in [-0.1, -0.05) is 32.6 Å². The van der Waals surface area contributed by atoms with Crippen LogP contribution in [0, 0.1) is 0 Å². The number of unbranched alkanes of at least 4 members (excludes halogenated alkanes) is 4. The standard InChI is InChI=1S/C16H28N2O5.2Na.H2O/c1-2-3-4-5-6-7-14-17-8-9-18(14,12-15(19)20)10-11-23-13-16(21)22;;;/h2-13H2,1H3,(H-,19,20,21,22);;;1H2/q;2*+1;. The molecule has 1 atom stereocenters. The van der Waals surface area contributed by atoms with E-state index in [0.717, 1.165) is 25.1 Å². The molecule has 1 aliphatic rings. The van der Waals surface area contributed by atoms with Crippen LogP contribution in [0.25, 0.3) is 0 Å². The Morgan fingerprint density at radius 3 is 2.35 bits per heavy atom. The summed E-state index contributed by atoms with van der Waals surface area (Å²) in [5, 5.41) is 17.8. The van der Waals surface area contributed by atoms with Gasteiger partial charge in [-0.3, -0.25) is 4.48 Å². The Kier molecular flexibility index (Phi) is 21.1. The summed E-state index contributed by atoms with van der Waals surface area (Å²) in [7, 11) is 0. The maximum atomic E-state index is 11.3. The second-order valence-corrected chi connectivity index (χ2v) is 6.05. The predicted octanol–water partition coefficient (Wildman–Crippen LogP) is -4.41. The molecule has 0 spiro atoms. The van der Waals surface area contributed by atoms with Gasteiger partial charge in [0.25, 0.3) is 0 Å². The van der Waals surface area contributed by atoms with Crippen LogP contribution in [-0.4, -0.2) is 77.3 Å². The molecule has 0 amide bonds. The van der Waals surface area contributed by atoms with E-state index >= 15 is 0 Å². The van der Waals surface area contributed by atoms with E-state index in [0.29, 0.717) is 24.1 Å². The van der Waals surface area contributed by atoms with Crippen LogP contribution in [-0.2, 0) is 14.3 Å². The molecular weight excluding hydrogens is 362 g/mol. The van der Waals surface area contributed by atoms with Crippen molar-refractivity contribution in [3.8, 4) is 0 Å². The molecule has 1 rings (SSSR count). The predicted molar refractivity (Wildman–Crippen MR) is 88.6 cm³/mol. The van der Waals surface area contributed by atoms with Crippen LogP contribution in [0.5, 0.6) is 0 Å². The number of carbonyl (C=O) groups is 2. The van der Waals surface area contributed by atoms with Crippen molar-refractivity contribution in [1.82, 2.24) is 0 Å². The quantitative estimate of drug-likeness (QED) is 0.185. The molecule has 0 aromatic carbocycles. The van der Waals surface area contributed by atoms with Crippen LogP contribution in [0.1, 0.15) is 45.4 Å². The van der Waals surface area contributed by atoms with Gasteiger partial charge in [0.2, 0.25) is 0 Å². The van der Waals surface area contributed by atoms with Crippen LogP contribution in [0.2, 0.25) is 0 Å².